The van der Waals surface area contributed by atoms with Gasteiger partial charge in [0, 0.05) is 18.2 Å². The van der Waals surface area contributed by atoms with Crippen LogP contribution in [0.25, 0.3) is 0 Å². The first kappa shape index (κ1) is 19.2. The lowest BCUT2D eigenvalue weighted by atomic mass is 9.85. The zero-order valence-corrected chi connectivity index (χ0v) is 14.9. The highest BCUT2D eigenvalue weighted by atomic mass is 35.5. The van der Waals surface area contributed by atoms with Crippen LogP contribution in [0, 0.1) is 5.92 Å². The SMILES string of the molecule is Cl.NC1CCCC(C(=O)Nc2cccn(Cc3ccccc3)c2=O)C1. The first-order valence-electron chi connectivity index (χ1n) is 8.43. The Morgan fingerprint density at radius 3 is 2.64 bits per heavy atom. The second-order valence-electron chi connectivity index (χ2n) is 6.45. The van der Waals surface area contributed by atoms with Crippen LogP contribution in [0.4, 0.5) is 5.69 Å². The summed E-state index contributed by atoms with van der Waals surface area (Å²) in [5, 5.41) is 2.80. The number of halogens is 1. The second-order valence-corrected chi connectivity index (χ2v) is 6.45. The standard InChI is InChI=1S/C19H23N3O2.ClH/c20-16-9-4-8-15(12-16)18(23)21-17-10-5-11-22(19(17)24)13-14-6-2-1-3-7-14;/h1-3,5-7,10-11,15-16H,4,8-9,12-13,20H2,(H,21,23);1H. The summed E-state index contributed by atoms with van der Waals surface area (Å²) < 4.78 is 1.61. The van der Waals surface area contributed by atoms with Crippen LogP contribution in [0.2, 0.25) is 0 Å². The Morgan fingerprint density at radius 1 is 1.16 bits per heavy atom. The molecule has 6 heteroatoms. The molecule has 2 unspecified atom stereocenters. The van der Waals surface area contributed by atoms with Gasteiger partial charge in [-0.1, -0.05) is 36.8 Å². The number of aromatic nitrogens is 1. The quantitative estimate of drug-likeness (QED) is 0.879. The Bertz CT molecular complexity index is 761. The van der Waals surface area contributed by atoms with Crippen molar-refractivity contribution in [3.8, 4) is 0 Å². The molecule has 1 aliphatic carbocycles. The van der Waals surface area contributed by atoms with Crippen LogP contribution >= 0.6 is 12.4 Å². The lowest BCUT2D eigenvalue weighted by molar-refractivity contribution is -0.120. The van der Waals surface area contributed by atoms with Gasteiger partial charge >= 0.3 is 0 Å². The van der Waals surface area contributed by atoms with E-state index in [2.05, 4.69) is 5.32 Å². The average Bonchev–Trinajstić information content (AvgIpc) is 2.59. The minimum atomic E-state index is -0.185. The molecule has 1 amide bonds. The summed E-state index contributed by atoms with van der Waals surface area (Å²) in [6.07, 6.45) is 5.20. The molecule has 0 spiro atoms. The van der Waals surface area contributed by atoms with E-state index >= 15 is 0 Å². The Labute approximate surface area is 153 Å². The van der Waals surface area contributed by atoms with Crippen molar-refractivity contribution < 1.29 is 4.79 Å². The van der Waals surface area contributed by atoms with Crippen molar-refractivity contribution in [3.63, 3.8) is 0 Å². The van der Waals surface area contributed by atoms with Crippen LogP contribution < -0.4 is 16.6 Å². The number of benzene rings is 1. The van der Waals surface area contributed by atoms with Gasteiger partial charge in [0.05, 0.1) is 6.54 Å². The molecule has 2 aromatic rings. The fraction of sp³-hybridized carbons (Fsp3) is 0.368. The lowest BCUT2D eigenvalue weighted by Gasteiger charge is -2.25. The Balaban J connectivity index is 0.00000225. The second kappa shape index (κ2) is 8.83. The van der Waals surface area contributed by atoms with Gasteiger partial charge in [-0.15, -0.1) is 12.4 Å². The molecule has 25 heavy (non-hydrogen) atoms. The number of carbonyl (C=O) groups excluding carboxylic acids is 1. The highest BCUT2D eigenvalue weighted by molar-refractivity contribution is 5.92. The van der Waals surface area contributed by atoms with Crippen LogP contribution in [0.1, 0.15) is 31.2 Å². The van der Waals surface area contributed by atoms with E-state index in [-0.39, 0.29) is 35.8 Å². The summed E-state index contributed by atoms with van der Waals surface area (Å²) in [7, 11) is 0. The van der Waals surface area contributed by atoms with E-state index in [9.17, 15) is 9.59 Å². The van der Waals surface area contributed by atoms with E-state index in [1.165, 1.54) is 0 Å². The normalized spacial score (nSPS) is 19.7. The molecule has 0 radical (unpaired) electrons. The van der Waals surface area contributed by atoms with E-state index in [4.69, 9.17) is 5.73 Å². The predicted molar refractivity (Wildman–Crippen MR) is 102 cm³/mol. The molecule has 3 rings (SSSR count). The third-order valence-corrected chi connectivity index (χ3v) is 4.56. The van der Waals surface area contributed by atoms with Crippen molar-refractivity contribution in [1.29, 1.82) is 0 Å². The van der Waals surface area contributed by atoms with Crippen molar-refractivity contribution in [1.82, 2.24) is 4.57 Å². The first-order valence-corrected chi connectivity index (χ1v) is 8.43. The molecule has 1 heterocycles. The summed E-state index contributed by atoms with van der Waals surface area (Å²) in [6, 6.07) is 13.3. The number of nitrogens with one attached hydrogen (secondary N) is 1. The third-order valence-electron chi connectivity index (χ3n) is 4.56. The van der Waals surface area contributed by atoms with E-state index in [0.717, 1.165) is 24.8 Å². The Morgan fingerprint density at radius 2 is 1.92 bits per heavy atom. The minimum Gasteiger partial charge on any atom is -0.328 e. The molecule has 0 bridgehead atoms. The summed E-state index contributed by atoms with van der Waals surface area (Å²) in [5.41, 5.74) is 7.14. The number of pyridine rings is 1. The number of nitrogens with two attached hydrogens (primary N) is 1. The maximum atomic E-state index is 12.6. The van der Waals surface area contributed by atoms with Gasteiger partial charge in [-0.05, 0) is 37.0 Å². The highest BCUT2D eigenvalue weighted by Crippen LogP contribution is 2.24. The third kappa shape index (κ3) is 4.94. The molecule has 2 atom stereocenters. The maximum Gasteiger partial charge on any atom is 0.274 e. The van der Waals surface area contributed by atoms with Crippen molar-refractivity contribution in [2.45, 2.75) is 38.3 Å². The molecule has 5 nitrogen and oxygen atoms in total. The van der Waals surface area contributed by atoms with Crippen molar-refractivity contribution in [2.24, 2.45) is 11.7 Å². The topological polar surface area (TPSA) is 77.1 Å². The van der Waals surface area contributed by atoms with Crippen molar-refractivity contribution >= 4 is 24.0 Å². The van der Waals surface area contributed by atoms with Gasteiger partial charge in [0.2, 0.25) is 5.91 Å². The molecule has 1 aliphatic rings. The monoisotopic (exact) mass is 361 g/mol. The van der Waals surface area contributed by atoms with Crippen molar-refractivity contribution in [2.75, 3.05) is 5.32 Å². The molecular formula is C19H24ClN3O2. The molecule has 1 fully saturated rings. The van der Waals surface area contributed by atoms with Gasteiger partial charge in [0.1, 0.15) is 5.69 Å². The van der Waals surface area contributed by atoms with Crippen LogP contribution in [-0.4, -0.2) is 16.5 Å². The first-order chi connectivity index (χ1) is 11.6. The molecule has 1 saturated carbocycles. The summed E-state index contributed by atoms with van der Waals surface area (Å²) in [4.78, 5) is 25.0. The van der Waals surface area contributed by atoms with E-state index in [1.807, 2.05) is 30.3 Å². The number of nitrogens with zero attached hydrogens (tertiary/aromatic N) is 1. The van der Waals surface area contributed by atoms with Crippen LogP contribution in [0.5, 0.6) is 0 Å². The van der Waals surface area contributed by atoms with Crippen LogP contribution in [-0.2, 0) is 11.3 Å². The number of carbonyl (C=O) groups is 1. The molecule has 3 N–H and O–H groups in total. The van der Waals surface area contributed by atoms with E-state index in [0.29, 0.717) is 18.7 Å². The number of rotatable bonds is 4. The van der Waals surface area contributed by atoms with Crippen molar-refractivity contribution in [3.05, 3.63) is 64.6 Å². The van der Waals surface area contributed by atoms with Crippen LogP contribution in [0.3, 0.4) is 0 Å². The fourth-order valence-electron chi connectivity index (χ4n) is 3.24. The van der Waals surface area contributed by atoms with Gasteiger partial charge in [-0.3, -0.25) is 9.59 Å². The minimum absolute atomic E-state index is 0. The van der Waals surface area contributed by atoms with Crippen LogP contribution in [0.15, 0.2) is 53.5 Å². The number of hydrogen-bond acceptors (Lipinski definition) is 3. The molecule has 1 aromatic heterocycles. The fourth-order valence-corrected chi connectivity index (χ4v) is 3.24. The largest absolute Gasteiger partial charge is 0.328 e. The van der Waals surface area contributed by atoms with E-state index in [1.54, 1.807) is 22.9 Å². The Kier molecular flexibility index (Phi) is 6.79. The molecule has 0 aliphatic heterocycles. The zero-order chi connectivity index (χ0) is 16.9. The summed E-state index contributed by atoms with van der Waals surface area (Å²) in [5.74, 6) is -0.198. The lowest BCUT2D eigenvalue weighted by Crippen LogP contribution is -2.35. The molecule has 1 aromatic carbocycles. The predicted octanol–water partition coefficient (Wildman–Crippen LogP) is 2.77. The average molecular weight is 362 g/mol. The van der Waals surface area contributed by atoms with Gasteiger partial charge in [-0.2, -0.15) is 0 Å². The Hall–Kier alpha value is -2.11. The van der Waals surface area contributed by atoms with Gasteiger partial charge in [0.25, 0.3) is 5.56 Å². The van der Waals surface area contributed by atoms with Gasteiger partial charge in [0.15, 0.2) is 0 Å². The highest BCUT2D eigenvalue weighted by Gasteiger charge is 2.25. The molecule has 134 valence electrons. The molecular weight excluding hydrogens is 338 g/mol. The van der Waals surface area contributed by atoms with Gasteiger partial charge < -0.3 is 15.6 Å². The number of amides is 1. The summed E-state index contributed by atoms with van der Waals surface area (Å²) in [6.45, 7) is 0.484. The van der Waals surface area contributed by atoms with Gasteiger partial charge in [-0.25, -0.2) is 0 Å². The molecule has 0 saturated heterocycles. The number of anilines is 1. The van der Waals surface area contributed by atoms with E-state index < -0.39 is 0 Å². The smallest absolute Gasteiger partial charge is 0.274 e. The zero-order valence-electron chi connectivity index (χ0n) is 14.1. The number of hydrogen-bond donors (Lipinski definition) is 2. The maximum absolute atomic E-state index is 12.6. The summed E-state index contributed by atoms with van der Waals surface area (Å²) >= 11 is 0.